The molecule has 2 aliphatic rings. The Morgan fingerprint density at radius 1 is 0.340 bits per heavy atom. The van der Waals surface area contributed by atoms with Crippen molar-refractivity contribution >= 4 is 78.5 Å². The molecule has 0 saturated heterocycles. The zero-order chi connectivity index (χ0) is 72.6. The predicted octanol–water partition coefficient (Wildman–Crippen LogP) is 15.0. The molecule has 0 fully saturated rings. The molecule has 11 rings (SSSR count). The van der Waals surface area contributed by atoms with Gasteiger partial charge in [0.2, 0.25) is 11.8 Å². The highest BCUT2D eigenvalue weighted by atomic mass is 16.5. The second-order valence-corrected chi connectivity index (χ2v) is 31.1. The van der Waals surface area contributed by atoms with Gasteiger partial charge in [0, 0.05) is 69.3 Å². The third-order valence-corrected chi connectivity index (χ3v) is 19.2. The standard InChI is InChI=1S/C82H92N4O14/c1-45(2)71(77(95)83(33-37-87)34-38-88)85-73(91)55-41-59(97-51-25-17-47(18-26-51)79(5,6)7)65-67-61(99-53-29-21-49(22-30-53)81(11,12)13)43-57-64-58(76(94)86(75(57)93)72(46(3)4)78(96)84(35-39-89)36-40-90)44-62(100-54-31-23-50(24-32-54)82(14,15)16)68(70(64)67)66-60(42-56(74(85)92)63(55)69(65)66)98-52-27-19-48(20-28-52)80(8,9)10/h17-32,41-46,71-72,87-90H,33-40H2,1-16H3. The lowest BCUT2D eigenvalue weighted by Gasteiger charge is -2.39. The van der Waals surface area contributed by atoms with Crippen LogP contribution in [0.1, 0.15) is 174 Å². The Kier molecular flexibility index (Phi) is 19.6. The van der Waals surface area contributed by atoms with Crippen molar-refractivity contribution in [3.05, 3.63) is 166 Å². The molecule has 2 unspecified atom stereocenters. The van der Waals surface area contributed by atoms with Crippen molar-refractivity contribution < 1.29 is 68.1 Å². The summed E-state index contributed by atoms with van der Waals surface area (Å²) in [7, 11) is 0. The zero-order valence-electron chi connectivity index (χ0n) is 60.2. The van der Waals surface area contributed by atoms with Crippen molar-refractivity contribution in [2.45, 2.75) is 145 Å². The van der Waals surface area contributed by atoms with Crippen LogP contribution in [0.4, 0.5) is 0 Å². The number of amides is 6. The predicted molar refractivity (Wildman–Crippen MR) is 388 cm³/mol. The minimum atomic E-state index is -1.46. The third-order valence-electron chi connectivity index (χ3n) is 19.2. The Hall–Kier alpha value is -9.46. The maximum absolute atomic E-state index is 16.3. The van der Waals surface area contributed by atoms with Crippen LogP contribution in [-0.2, 0) is 31.2 Å². The summed E-state index contributed by atoms with van der Waals surface area (Å²) in [5, 5.41) is 42.8. The van der Waals surface area contributed by atoms with E-state index in [1.54, 1.807) is 52.0 Å². The number of aliphatic hydroxyl groups excluding tert-OH is 4. The van der Waals surface area contributed by atoms with Crippen molar-refractivity contribution in [3.8, 4) is 46.0 Å². The smallest absolute Gasteiger partial charge is 0.262 e. The van der Waals surface area contributed by atoms with Gasteiger partial charge in [-0.15, -0.1) is 0 Å². The quantitative estimate of drug-likeness (QED) is 0.0281. The van der Waals surface area contributed by atoms with E-state index in [-0.39, 0.29) is 136 Å². The van der Waals surface area contributed by atoms with Gasteiger partial charge < -0.3 is 49.2 Å². The van der Waals surface area contributed by atoms with E-state index in [0.29, 0.717) is 23.0 Å². The van der Waals surface area contributed by atoms with E-state index in [1.165, 1.54) is 9.80 Å². The number of hydrogen-bond donors (Lipinski definition) is 4. The molecule has 0 radical (unpaired) electrons. The first kappa shape index (κ1) is 71.8. The first-order chi connectivity index (χ1) is 47.1. The Balaban J connectivity index is 1.37. The summed E-state index contributed by atoms with van der Waals surface area (Å²) in [5.41, 5.74) is 2.70. The number of carbonyl (C=O) groups excluding carboxylic acids is 6. The van der Waals surface area contributed by atoms with Crippen LogP contribution in [0.15, 0.2) is 121 Å². The molecule has 9 aromatic rings. The van der Waals surface area contributed by atoms with Gasteiger partial charge in [0.15, 0.2) is 0 Å². The number of benzene rings is 9. The molecular weight excluding hydrogens is 1260 g/mol. The molecule has 0 spiro atoms. The summed E-state index contributed by atoms with van der Waals surface area (Å²) < 4.78 is 29.1. The minimum Gasteiger partial charge on any atom is -0.457 e. The monoisotopic (exact) mass is 1360 g/mol. The fraction of sp³-hybridized carbons (Fsp3) is 0.390. The van der Waals surface area contributed by atoms with E-state index in [0.717, 1.165) is 32.1 Å². The summed E-state index contributed by atoms with van der Waals surface area (Å²) in [4.78, 5) is 99.7. The number of rotatable bonds is 22. The second kappa shape index (κ2) is 27.2. The SMILES string of the molecule is CC(C)C(C(=O)N(CCO)CCO)N1C(=O)c2cc(Oc3ccc(C(C)(C)C)cc3)c3c4c(Oc5ccc(C(C)(C)C)cc5)cc5c6c(cc(Oc7ccc(C(C)(C)C)cc7)c(c7c(Oc8ccc(C(C)(C)C)cc8)cc(c2c37)C1=O)c64)C(=O)N(C(C(=O)N(CCO)CCO)C(C)C)C5=O. The third kappa shape index (κ3) is 13.2. The Morgan fingerprint density at radius 3 is 0.710 bits per heavy atom. The van der Waals surface area contributed by atoms with Gasteiger partial charge in [0.1, 0.15) is 58.1 Å². The second-order valence-electron chi connectivity index (χ2n) is 31.1. The average molecular weight is 1360 g/mol. The average Bonchev–Trinajstić information content (AvgIpc) is 0.671. The Morgan fingerprint density at radius 2 is 0.540 bits per heavy atom. The molecule has 2 aliphatic heterocycles. The van der Waals surface area contributed by atoms with Gasteiger partial charge in [-0.05, 0) is 129 Å². The molecule has 0 bridgehead atoms. The van der Waals surface area contributed by atoms with Gasteiger partial charge in [-0.25, -0.2) is 0 Å². The van der Waals surface area contributed by atoms with Crippen LogP contribution in [0.3, 0.4) is 0 Å². The highest BCUT2D eigenvalue weighted by Gasteiger charge is 2.48. The summed E-state index contributed by atoms with van der Waals surface area (Å²) in [5.74, 6) is -4.64. The van der Waals surface area contributed by atoms with Crippen LogP contribution in [0.2, 0.25) is 0 Å². The molecule has 9 aromatic carbocycles. The van der Waals surface area contributed by atoms with Crippen molar-refractivity contribution in [1.29, 1.82) is 0 Å². The number of aliphatic hydroxyl groups is 4. The number of carbonyl (C=O) groups is 6. The molecule has 18 nitrogen and oxygen atoms in total. The lowest BCUT2D eigenvalue weighted by molar-refractivity contribution is -0.138. The van der Waals surface area contributed by atoms with Crippen LogP contribution in [0.5, 0.6) is 46.0 Å². The van der Waals surface area contributed by atoms with E-state index in [9.17, 15) is 20.4 Å². The molecule has 18 heteroatoms. The van der Waals surface area contributed by atoms with Crippen molar-refractivity contribution in [1.82, 2.24) is 19.6 Å². The zero-order valence-corrected chi connectivity index (χ0v) is 60.2. The van der Waals surface area contributed by atoms with E-state index in [2.05, 4.69) is 83.1 Å². The van der Waals surface area contributed by atoms with Crippen LogP contribution in [0, 0.1) is 11.8 Å². The lowest BCUT2D eigenvalue weighted by atomic mass is 9.80. The van der Waals surface area contributed by atoms with E-state index >= 15 is 28.8 Å². The number of nitrogens with zero attached hydrogens (tertiary/aromatic N) is 4. The Labute approximate surface area is 584 Å². The normalized spacial score (nSPS) is 14.3. The van der Waals surface area contributed by atoms with Gasteiger partial charge in [-0.1, -0.05) is 159 Å². The highest BCUT2D eigenvalue weighted by Crippen LogP contribution is 2.58. The summed E-state index contributed by atoms with van der Waals surface area (Å²) in [6, 6.07) is 33.4. The number of hydrogen-bond acceptors (Lipinski definition) is 14. The van der Waals surface area contributed by atoms with Crippen molar-refractivity contribution in [2.24, 2.45) is 11.8 Å². The molecule has 2 atom stereocenters. The topological polar surface area (TPSA) is 233 Å². The number of ether oxygens (including phenoxy) is 4. The van der Waals surface area contributed by atoms with Crippen molar-refractivity contribution in [3.63, 3.8) is 0 Å². The number of imide groups is 2. The number of fused-ring (bicyclic) bond motifs is 2. The van der Waals surface area contributed by atoms with Gasteiger partial charge >= 0.3 is 0 Å². The van der Waals surface area contributed by atoms with Crippen LogP contribution < -0.4 is 18.9 Å². The highest BCUT2D eigenvalue weighted by molar-refractivity contribution is 6.45. The van der Waals surface area contributed by atoms with E-state index < -0.39 is 85.8 Å². The van der Waals surface area contributed by atoms with E-state index in [4.69, 9.17) is 18.9 Å². The molecule has 0 aliphatic carbocycles. The molecule has 4 N–H and O–H groups in total. The van der Waals surface area contributed by atoms with Gasteiger partial charge in [0.25, 0.3) is 23.6 Å². The molecule has 100 heavy (non-hydrogen) atoms. The summed E-state index contributed by atoms with van der Waals surface area (Å²) >= 11 is 0. The molecule has 0 aromatic heterocycles. The first-order valence-electron chi connectivity index (χ1n) is 34.4. The maximum Gasteiger partial charge on any atom is 0.262 e. The molecule has 0 saturated carbocycles. The Bertz CT molecular complexity index is 4110. The van der Waals surface area contributed by atoms with Gasteiger partial charge in [-0.3, -0.25) is 38.6 Å². The molecular formula is C82H92N4O14. The largest absolute Gasteiger partial charge is 0.457 e. The van der Waals surface area contributed by atoms with Crippen LogP contribution >= 0.6 is 0 Å². The molecule has 2 heterocycles. The first-order valence-corrected chi connectivity index (χ1v) is 34.4. The fourth-order valence-corrected chi connectivity index (χ4v) is 13.9. The van der Waals surface area contributed by atoms with Crippen LogP contribution in [-0.4, -0.2) is 140 Å². The lowest BCUT2D eigenvalue weighted by Crippen LogP contribution is -2.57. The molecule has 524 valence electrons. The van der Waals surface area contributed by atoms with Gasteiger partial charge in [0.05, 0.1) is 48.7 Å². The minimum absolute atomic E-state index is 0.0392. The fourth-order valence-electron chi connectivity index (χ4n) is 13.9. The van der Waals surface area contributed by atoms with Crippen LogP contribution in [0.25, 0.3) is 43.1 Å². The van der Waals surface area contributed by atoms with Crippen molar-refractivity contribution in [2.75, 3.05) is 52.6 Å². The maximum atomic E-state index is 16.3. The summed E-state index contributed by atoms with van der Waals surface area (Å²) in [6.07, 6.45) is 0. The van der Waals surface area contributed by atoms with E-state index in [1.807, 2.05) is 97.1 Å². The van der Waals surface area contributed by atoms with Gasteiger partial charge in [-0.2, -0.15) is 0 Å². The summed E-state index contributed by atoms with van der Waals surface area (Å²) in [6.45, 7) is 29.3. The molecule has 6 amide bonds.